The first kappa shape index (κ1) is 12.6. The second kappa shape index (κ2) is 6.22. The molecule has 0 radical (unpaired) electrons. The Bertz CT molecular complexity index is 378. The van der Waals surface area contributed by atoms with Crippen LogP contribution in [0.25, 0.3) is 0 Å². The highest BCUT2D eigenvalue weighted by Gasteiger charge is 2.05. The van der Waals surface area contributed by atoms with Crippen LogP contribution in [-0.2, 0) is 10.8 Å². The van der Waals surface area contributed by atoms with E-state index in [0.29, 0.717) is 23.7 Å². The number of amides is 1. The molecule has 1 rings (SSSR count). The third-order valence-electron chi connectivity index (χ3n) is 1.96. The Morgan fingerprint density at radius 3 is 2.75 bits per heavy atom. The second-order valence-electron chi connectivity index (χ2n) is 3.22. The lowest BCUT2D eigenvalue weighted by atomic mass is 10.2. The van der Waals surface area contributed by atoms with Crippen molar-refractivity contribution in [1.82, 2.24) is 10.3 Å². The molecule has 1 unspecified atom stereocenters. The molecule has 1 aromatic heterocycles. The third kappa shape index (κ3) is 3.98. The number of pyridine rings is 1. The zero-order valence-electron chi connectivity index (χ0n) is 9.32. The summed E-state index contributed by atoms with van der Waals surface area (Å²) >= 11 is 0. The molecule has 0 aromatic carbocycles. The Morgan fingerprint density at radius 1 is 1.50 bits per heavy atom. The van der Waals surface area contributed by atoms with Crippen molar-refractivity contribution in [3.8, 4) is 0 Å². The lowest BCUT2D eigenvalue weighted by molar-refractivity contribution is 0.0956. The van der Waals surface area contributed by atoms with Gasteiger partial charge in [0.25, 0.3) is 5.91 Å². The van der Waals surface area contributed by atoms with Gasteiger partial charge in [0.1, 0.15) is 5.82 Å². The van der Waals surface area contributed by atoms with Crippen LogP contribution in [-0.4, -0.2) is 40.7 Å². The van der Waals surface area contributed by atoms with Crippen molar-refractivity contribution in [2.24, 2.45) is 0 Å². The minimum Gasteiger partial charge on any atom is -0.373 e. The van der Waals surface area contributed by atoms with Crippen LogP contribution < -0.4 is 10.6 Å². The van der Waals surface area contributed by atoms with Gasteiger partial charge in [-0.2, -0.15) is 0 Å². The molecule has 0 aliphatic rings. The van der Waals surface area contributed by atoms with E-state index in [-0.39, 0.29) is 5.91 Å². The molecule has 1 amide bonds. The van der Waals surface area contributed by atoms with E-state index in [4.69, 9.17) is 0 Å². The number of carbonyl (C=O) groups excluding carboxylic acids is 1. The van der Waals surface area contributed by atoms with E-state index in [1.54, 1.807) is 25.4 Å². The average molecular weight is 241 g/mol. The van der Waals surface area contributed by atoms with Crippen molar-refractivity contribution in [3.63, 3.8) is 0 Å². The van der Waals surface area contributed by atoms with Gasteiger partial charge < -0.3 is 10.6 Å². The van der Waals surface area contributed by atoms with Crippen LogP contribution in [0.4, 0.5) is 5.82 Å². The van der Waals surface area contributed by atoms with E-state index in [1.807, 2.05) is 0 Å². The summed E-state index contributed by atoms with van der Waals surface area (Å²) in [5, 5.41) is 5.54. The number of anilines is 1. The molecule has 1 aromatic rings. The number of rotatable bonds is 5. The van der Waals surface area contributed by atoms with Crippen molar-refractivity contribution in [3.05, 3.63) is 23.9 Å². The van der Waals surface area contributed by atoms with Crippen molar-refractivity contribution >= 4 is 22.5 Å². The Labute approximate surface area is 97.1 Å². The maximum absolute atomic E-state index is 11.6. The Hall–Kier alpha value is -1.43. The predicted octanol–water partition coefficient (Wildman–Crippen LogP) is 0.232. The maximum atomic E-state index is 11.6. The maximum Gasteiger partial charge on any atom is 0.252 e. The molecule has 0 aliphatic carbocycles. The number of hydrogen-bond donors (Lipinski definition) is 2. The molecular formula is C10H15N3O2S. The van der Waals surface area contributed by atoms with Gasteiger partial charge in [0.2, 0.25) is 0 Å². The molecule has 6 heteroatoms. The molecule has 0 saturated carbocycles. The molecule has 0 bridgehead atoms. The predicted molar refractivity (Wildman–Crippen MR) is 65.1 cm³/mol. The van der Waals surface area contributed by atoms with Gasteiger partial charge in [0, 0.05) is 42.6 Å². The highest BCUT2D eigenvalue weighted by Crippen LogP contribution is 2.03. The Kier molecular flexibility index (Phi) is 4.91. The average Bonchev–Trinajstić information content (AvgIpc) is 2.28. The van der Waals surface area contributed by atoms with Crippen molar-refractivity contribution in [2.75, 3.05) is 30.9 Å². The summed E-state index contributed by atoms with van der Waals surface area (Å²) in [6.07, 6.45) is 3.11. The van der Waals surface area contributed by atoms with Crippen LogP contribution in [0.1, 0.15) is 10.4 Å². The van der Waals surface area contributed by atoms with Crippen LogP contribution in [0.3, 0.4) is 0 Å². The topological polar surface area (TPSA) is 71.1 Å². The van der Waals surface area contributed by atoms with Crippen LogP contribution >= 0.6 is 0 Å². The summed E-state index contributed by atoms with van der Waals surface area (Å²) in [6, 6.07) is 3.42. The SMILES string of the molecule is CNc1ccc(C(=O)NCCS(C)=O)cn1. The third-order valence-corrected chi connectivity index (χ3v) is 2.74. The highest BCUT2D eigenvalue weighted by molar-refractivity contribution is 7.84. The normalized spacial score (nSPS) is 11.9. The van der Waals surface area contributed by atoms with Gasteiger partial charge in [0.15, 0.2) is 0 Å². The Balaban J connectivity index is 2.49. The van der Waals surface area contributed by atoms with Gasteiger partial charge in [-0.15, -0.1) is 0 Å². The van der Waals surface area contributed by atoms with E-state index in [2.05, 4.69) is 15.6 Å². The first-order valence-electron chi connectivity index (χ1n) is 4.85. The summed E-state index contributed by atoms with van der Waals surface area (Å²) in [4.78, 5) is 15.6. The first-order valence-corrected chi connectivity index (χ1v) is 6.58. The van der Waals surface area contributed by atoms with E-state index < -0.39 is 10.8 Å². The molecule has 0 saturated heterocycles. The fraction of sp³-hybridized carbons (Fsp3) is 0.400. The number of nitrogens with zero attached hydrogens (tertiary/aromatic N) is 1. The monoisotopic (exact) mass is 241 g/mol. The molecule has 5 nitrogen and oxygen atoms in total. The smallest absolute Gasteiger partial charge is 0.252 e. The number of carbonyl (C=O) groups is 1. The molecule has 1 atom stereocenters. The van der Waals surface area contributed by atoms with Crippen LogP contribution in [0, 0.1) is 0 Å². The lowest BCUT2D eigenvalue weighted by Crippen LogP contribution is -2.27. The molecule has 0 spiro atoms. The summed E-state index contributed by atoms with van der Waals surface area (Å²) < 4.78 is 10.8. The number of aromatic nitrogens is 1. The molecule has 88 valence electrons. The van der Waals surface area contributed by atoms with Gasteiger partial charge in [0.05, 0.1) is 5.56 Å². The van der Waals surface area contributed by atoms with E-state index in [1.165, 1.54) is 6.20 Å². The fourth-order valence-electron chi connectivity index (χ4n) is 1.09. The van der Waals surface area contributed by atoms with Crippen LogP contribution in [0.5, 0.6) is 0 Å². The molecule has 1 heterocycles. The van der Waals surface area contributed by atoms with Crippen molar-refractivity contribution in [2.45, 2.75) is 0 Å². The van der Waals surface area contributed by atoms with Gasteiger partial charge >= 0.3 is 0 Å². The van der Waals surface area contributed by atoms with E-state index in [9.17, 15) is 9.00 Å². The molecule has 0 fully saturated rings. The van der Waals surface area contributed by atoms with Crippen LogP contribution in [0.15, 0.2) is 18.3 Å². The lowest BCUT2D eigenvalue weighted by Gasteiger charge is -2.04. The number of hydrogen-bond acceptors (Lipinski definition) is 4. The standard InChI is InChI=1S/C10H15N3O2S/c1-11-9-4-3-8(7-13-9)10(14)12-5-6-16(2)15/h3-4,7H,5-6H2,1-2H3,(H,11,13)(H,12,14). The minimum atomic E-state index is -0.884. The highest BCUT2D eigenvalue weighted by atomic mass is 32.2. The molecular weight excluding hydrogens is 226 g/mol. The molecule has 0 aliphatic heterocycles. The fourth-order valence-corrected chi connectivity index (χ4v) is 1.48. The summed E-state index contributed by atoms with van der Waals surface area (Å²) in [5.74, 6) is 0.986. The number of nitrogens with one attached hydrogen (secondary N) is 2. The van der Waals surface area contributed by atoms with Crippen molar-refractivity contribution in [1.29, 1.82) is 0 Å². The summed E-state index contributed by atoms with van der Waals surface area (Å²) in [7, 11) is 0.879. The largest absolute Gasteiger partial charge is 0.373 e. The van der Waals surface area contributed by atoms with Crippen LogP contribution in [0.2, 0.25) is 0 Å². The van der Waals surface area contributed by atoms with Gasteiger partial charge in [-0.1, -0.05) is 0 Å². The van der Waals surface area contributed by atoms with Gasteiger partial charge in [-0.05, 0) is 12.1 Å². The molecule has 16 heavy (non-hydrogen) atoms. The first-order chi connectivity index (χ1) is 7.63. The second-order valence-corrected chi connectivity index (χ2v) is 4.77. The van der Waals surface area contributed by atoms with E-state index in [0.717, 1.165) is 0 Å². The quantitative estimate of drug-likeness (QED) is 0.774. The van der Waals surface area contributed by atoms with Crippen molar-refractivity contribution < 1.29 is 9.00 Å². The summed E-state index contributed by atoms with van der Waals surface area (Å²) in [6.45, 7) is 0.412. The van der Waals surface area contributed by atoms with E-state index >= 15 is 0 Å². The minimum absolute atomic E-state index is 0.194. The summed E-state index contributed by atoms with van der Waals surface area (Å²) in [5.41, 5.74) is 0.501. The zero-order valence-corrected chi connectivity index (χ0v) is 10.1. The van der Waals surface area contributed by atoms with Gasteiger partial charge in [-0.25, -0.2) is 4.98 Å². The Morgan fingerprint density at radius 2 is 2.25 bits per heavy atom. The zero-order chi connectivity index (χ0) is 12.0. The molecule has 2 N–H and O–H groups in total. The van der Waals surface area contributed by atoms with Gasteiger partial charge in [-0.3, -0.25) is 9.00 Å².